The van der Waals surface area contributed by atoms with Crippen LogP contribution in [0.15, 0.2) is 66.2 Å². The Kier molecular flexibility index (Phi) is 9.09. The van der Waals surface area contributed by atoms with Gasteiger partial charge in [-0.3, -0.25) is 9.59 Å². The molecule has 0 aliphatic rings. The number of para-hydroxylation sites is 1. The van der Waals surface area contributed by atoms with Crippen LogP contribution in [0.3, 0.4) is 0 Å². The molecule has 0 saturated heterocycles. The van der Waals surface area contributed by atoms with Crippen LogP contribution in [0.25, 0.3) is 0 Å². The lowest BCUT2D eigenvalue weighted by Gasteiger charge is -2.26. The van der Waals surface area contributed by atoms with Gasteiger partial charge in [0.1, 0.15) is 18.2 Å². The van der Waals surface area contributed by atoms with Crippen LogP contribution >= 0.6 is 0 Å². The highest BCUT2D eigenvalue weighted by Crippen LogP contribution is 2.19. The Morgan fingerprint density at radius 2 is 1.76 bits per heavy atom. The maximum Gasteiger partial charge on any atom is 0.273 e. The van der Waals surface area contributed by atoms with E-state index in [1.807, 2.05) is 54.6 Å². The second-order valence-electron chi connectivity index (χ2n) is 8.64. The first-order chi connectivity index (χ1) is 17.7. The minimum Gasteiger partial charge on any atom is -0.382 e. The number of nitrogens with one attached hydrogen (secondary N) is 1. The molecular weight excluding hydrogens is 470 g/mol. The normalized spacial score (nSPS) is 11.2. The highest BCUT2D eigenvalue weighted by molar-refractivity contribution is 6.01. The largest absolute Gasteiger partial charge is 0.382 e. The number of anilines is 1. The van der Waals surface area contributed by atoms with Crippen molar-refractivity contribution in [1.29, 1.82) is 0 Å². The van der Waals surface area contributed by atoms with Gasteiger partial charge in [0.25, 0.3) is 5.91 Å². The molecule has 3 aromatic rings. The summed E-state index contributed by atoms with van der Waals surface area (Å²) in [5.41, 5.74) is 8.20. The number of amides is 2. The van der Waals surface area contributed by atoms with Gasteiger partial charge < -0.3 is 25.4 Å². The van der Waals surface area contributed by atoms with Crippen molar-refractivity contribution in [3.63, 3.8) is 0 Å². The number of nitrogen functional groups attached to an aromatic ring is 1. The lowest BCUT2D eigenvalue weighted by molar-refractivity contribution is -0.130. The molecule has 0 atom stereocenters. The Labute approximate surface area is 216 Å². The molecule has 11 nitrogen and oxygen atoms in total. The van der Waals surface area contributed by atoms with Gasteiger partial charge in [-0.1, -0.05) is 24.8 Å². The number of carbonyl (C=O) groups excluding carboxylic acids is 2. The number of aliphatic imine (C=N–C) groups is 1. The molecule has 194 valence electrons. The Morgan fingerprint density at radius 1 is 1.05 bits per heavy atom. The van der Waals surface area contributed by atoms with Gasteiger partial charge in [0.15, 0.2) is 11.5 Å². The number of imidazole rings is 1. The third-order valence-corrected chi connectivity index (χ3v) is 5.85. The molecule has 0 radical (unpaired) electrons. The first kappa shape index (κ1) is 27.1. The molecule has 2 amide bonds. The third-order valence-electron chi connectivity index (χ3n) is 5.85. The Morgan fingerprint density at radius 3 is 2.43 bits per heavy atom. The second-order valence-corrected chi connectivity index (χ2v) is 8.64. The van der Waals surface area contributed by atoms with E-state index in [1.54, 1.807) is 24.3 Å². The first-order valence-corrected chi connectivity index (χ1v) is 11.8. The van der Waals surface area contributed by atoms with E-state index >= 15 is 0 Å². The number of hydrogen-bond donors (Lipinski definition) is 2. The van der Waals surface area contributed by atoms with Crippen molar-refractivity contribution in [1.82, 2.24) is 34.6 Å². The Balaban J connectivity index is 1.70. The summed E-state index contributed by atoms with van der Waals surface area (Å²) >= 11 is 0. The summed E-state index contributed by atoms with van der Waals surface area (Å²) < 4.78 is 1.81. The standard InChI is InChI=1S/C26H33N9O2/c1-18-8-6-7-9-21(18)32-25(19(2)16-31-26(37)23-24(27)30-11-10-29-23)34(5)15-14-33(4)22(36)17-35-13-12-28-20(35)3/h6-13H,2,14-17H2,1,3-5H3,(H2,27,30)(H,31,37)/b32-25+. The maximum atomic E-state index is 12.7. The maximum absolute atomic E-state index is 12.7. The number of amidine groups is 1. The third kappa shape index (κ3) is 7.23. The van der Waals surface area contributed by atoms with Crippen LogP contribution in [-0.4, -0.2) is 80.7 Å². The molecule has 2 heterocycles. The number of aryl methyl sites for hydroxylation is 2. The van der Waals surface area contributed by atoms with Crippen LogP contribution in [0.5, 0.6) is 0 Å². The fraction of sp³-hybridized carbons (Fsp3) is 0.308. The van der Waals surface area contributed by atoms with E-state index in [4.69, 9.17) is 10.7 Å². The fourth-order valence-electron chi connectivity index (χ4n) is 3.48. The van der Waals surface area contributed by atoms with Crippen LogP contribution in [0, 0.1) is 13.8 Å². The molecule has 3 rings (SSSR count). The molecule has 3 N–H and O–H groups in total. The van der Waals surface area contributed by atoms with Crippen LogP contribution in [0.2, 0.25) is 0 Å². The number of aromatic nitrogens is 4. The van der Waals surface area contributed by atoms with E-state index in [1.165, 1.54) is 12.4 Å². The molecule has 0 spiro atoms. The number of rotatable bonds is 10. The summed E-state index contributed by atoms with van der Waals surface area (Å²) in [4.78, 5) is 45.8. The molecule has 37 heavy (non-hydrogen) atoms. The van der Waals surface area contributed by atoms with E-state index in [0.717, 1.165) is 17.1 Å². The molecule has 0 bridgehead atoms. The molecule has 0 fully saturated rings. The van der Waals surface area contributed by atoms with Crippen LogP contribution in [-0.2, 0) is 11.3 Å². The molecule has 2 aromatic heterocycles. The summed E-state index contributed by atoms with van der Waals surface area (Å²) in [6.45, 7) is 9.31. The number of hydrogen-bond acceptors (Lipinski definition) is 7. The summed E-state index contributed by atoms with van der Waals surface area (Å²) in [7, 11) is 3.64. The zero-order valence-electron chi connectivity index (χ0n) is 21.7. The number of carbonyl (C=O) groups is 2. The topological polar surface area (TPSA) is 135 Å². The van der Waals surface area contributed by atoms with Crippen LogP contribution in [0.1, 0.15) is 21.9 Å². The van der Waals surface area contributed by atoms with Crippen molar-refractivity contribution in [3.8, 4) is 0 Å². The van der Waals surface area contributed by atoms with E-state index in [0.29, 0.717) is 24.5 Å². The highest BCUT2D eigenvalue weighted by atomic mass is 16.2. The van der Waals surface area contributed by atoms with Crippen molar-refractivity contribution in [2.75, 3.05) is 39.5 Å². The summed E-state index contributed by atoms with van der Waals surface area (Å²) in [6, 6.07) is 7.75. The highest BCUT2D eigenvalue weighted by Gasteiger charge is 2.18. The van der Waals surface area contributed by atoms with E-state index in [9.17, 15) is 9.59 Å². The summed E-state index contributed by atoms with van der Waals surface area (Å²) in [5.74, 6) is 0.945. The minimum absolute atomic E-state index is 0.0282. The SMILES string of the molecule is C=C(CNC(=O)c1nccnc1N)/C(=N\c1ccccc1C)N(C)CCN(C)C(=O)Cn1ccnc1C. The first-order valence-electron chi connectivity index (χ1n) is 11.8. The van der Waals surface area contributed by atoms with Gasteiger partial charge in [-0.2, -0.15) is 0 Å². The molecule has 1 aromatic carbocycles. The molecule has 0 aliphatic heterocycles. The predicted molar refractivity (Wildman–Crippen MR) is 143 cm³/mol. The lowest BCUT2D eigenvalue weighted by Crippen LogP contribution is -2.40. The van der Waals surface area contributed by atoms with Crippen molar-refractivity contribution >= 4 is 29.2 Å². The molecule has 0 unspecified atom stereocenters. The average Bonchev–Trinajstić information content (AvgIpc) is 3.29. The van der Waals surface area contributed by atoms with E-state index < -0.39 is 5.91 Å². The van der Waals surface area contributed by atoms with Crippen LogP contribution in [0.4, 0.5) is 11.5 Å². The second kappa shape index (κ2) is 12.4. The van der Waals surface area contributed by atoms with Crippen molar-refractivity contribution < 1.29 is 9.59 Å². The Hall–Kier alpha value is -4.54. The number of benzene rings is 1. The van der Waals surface area contributed by atoms with E-state index in [-0.39, 0.29) is 30.5 Å². The van der Waals surface area contributed by atoms with Gasteiger partial charge in [0.05, 0.1) is 5.69 Å². The quantitative estimate of drug-likeness (QED) is 0.319. The number of likely N-dealkylation sites (N-methyl/N-ethyl adjacent to an activating group) is 2. The average molecular weight is 504 g/mol. The smallest absolute Gasteiger partial charge is 0.273 e. The number of nitrogens with two attached hydrogens (primary N) is 1. The Bertz CT molecular complexity index is 1300. The monoisotopic (exact) mass is 503 g/mol. The van der Waals surface area contributed by atoms with Crippen molar-refractivity contribution in [2.45, 2.75) is 20.4 Å². The van der Waals surface area contributed by atoms with Gasteiger partial charge in [0.2, 0.25) is 5.91 Å². The molecule has 11 heteroatoms. The van der Waals surface area contributed by atoms with Crippen LogP contribution < -0.4 is 11.1 Å². The van der Waals surface area contributed by atoms with Gasteiger partial charge in [-0.25, -0.2) is 19.9 Å². The van der Waals surface area contributed by atoms with Gasteiger partial charge in [-0.15, -0.1) is 0 Å². The molecule has 0 aliphatic carbocycles. The molecular formula is C26H33N9O2. The minimum atomic E-state index is -0.454. The lowest BCUT2D eigenvalue weighted by atomic mass is 10.2. The fourth-order valence-corrected chi connectivity index (χ4v) is 3.48. The zero-order chi connectivity index (χ0) is 26.9. The summed E-state index contributed by atoms with van der Waals surface area (Å²) in [6.07, 6.45) is 6.29. The number of nitrogens with zero attached hydrogens (tertiary/aromatic N) is 7. The van der Waals surface area contributed by atoms with Crippen molar-refractivity contribution in [2.24, 2.45) is 4.99 Å². The molecule has 0 saturated carbocycles. The van der Waals surface area contributed by atoms with Crippen molar-refractivity contribution in [3.05, 3.63) is 78.3 Å². The predicted octanol–water partition coefficient (Wildman–Crippen LogP) is 1.98. The van der Waals surface area contributed by atoms with Gasteiger partial charge >= 0.3 is 0 Å². The van der Waals surface area contributed by atoms with Gasteiger partial charge in [0, 0.05) is 64.1 Å². The summed E-state index contributed by atoms with van der Waals surface area (Å²) in [5, 5.41) is 2.79. The van der Waals surface area contributed by atoms with Gasteiger partial charge in [-0.05, 0) is 25.5 Å². The van der Waals surface area contributed by atoms with E-state index in [2.05, 4.69) is 26.8 Å². The zero-order valence-corrected chi connectivity index (χ0v) is 21.7.